The van der Waals surface area contributed by atoms with Crippen LogP contribution in [0, 0.1) is 0 Å². The van der Waals surface area contributed by atoms with Crippen LogP contribution < -0.4 is 4.90 Å². The zero-order valence-corrected chi connectivity index (χ0v) is 30.7. The molecule has 0 atom stereocenters. The molecule has 11 rings (SSSR count). The number of para-hydroxylation sites is 2. The summed E-state index contributed by atoms with van der Waals surface area (Å²) in [6.45, 7) is 0. The van der Waals surface area contributed by atoms with E-state index in [9.17, 15) is 0 Å². The second-order valence-corrected chi connectivity index (χ2v) is 15.2. The summed E-state index contributed by atoms with van der Waals surface area (Å²) < 4.78 is 5.04. The van der Waals surface area contributed by atoms with Crippen LogP contribution in [0.1, 0.15) is 0 Å². The van der Waals surface area contributed by atoms with Crippen LogP contribution in [0.3, 0.4) is 0 Å². The first-order valence-corrected chi connectivity index (χ1v) is 19.6. The summed E-state index contributed by atoms with van der Waals surface area (Å²) in [6.07, 6.45) is 0. The summed E-state index contributed by atoms with van der Waals surface area (Å²) in [5.74, 6) is 0. The minimum atomic E-state index is 1.10. The van der Waals surface area contributed by atoms with Crippen molar-refractivity contribution in [1.82, 2.24) is 4.57 Å². The summed E-state index contributed by atoms with van der Waals surface area (Å²) in [7, 11) is 0. The zero-order chi connectivity index (χ0) is 36.3. The highest BCUT2D eigenvalue weighted by Crippen LogP contribution is 2.44. The maximum atomic E-state index is 2.40. The molecule has 3 heteroatoms. The molecular formula is C52H34N2S. The lowest BCUT2D eigenvalue weighted by molar-refractivity contribution is 1.18. The van der Waals surface area contributed by atoms with Crippen molar-refractivity contribution in [2.75, 3.05) is 4.90 Å². The van der Waals surface area contributed by atoms with Gasteiger partial charge in [0.25, 0.3) is 0 Å². The number of fused-ring (bicyclic) bond motifs is 8. The van der Waals surface area contributed by atoms with Gasteiger partial charge < -0.3 is 9.47 Å². The van der Waals surface area contributed by atoms with E-state index in [1.54, 1.807) is 0 Å². The van der Waals surface area contributed by atoms with Crippen molar-refractivity contribution >= 4 is 81.1 Å². The van der Waals surface area contributed by atoms with E-state index in [4.69, 9.17) is 0 Å². The van der Waals surface area contributed by atoms with E-state index in [0.717, 1.165) is 22.7 Å². The van der Waals surface area contributed by atoms with Gasteiger partial charge in [-0.05, 0) is 99.8 Å². The maximum Gasteiger partial charge on any atom is 0.0561 e. The fourth-order valence-electron chi connectivity index (χ4n) is 8.45. The molecule has 0 radical (unpaired) electrons. The van der Waals surface area contributed by atoms with Crippen LogP contribution >= 0.6 is 11.3 Å². The number of thiophene rings is 1. The van der Waals surface area contributed by atoms with Gasteiger partial charge in [-0.15, -0.1) is 11.3 Å². The van der Waals surface area contributed by atoms with Crippen LogP contribution in [-0.4, -0.2) is 4.57 Å². The van der Waals surface area contributed by atoms with E-state index in [0.29, 0.717) is 0 Å². The van der Waals surface area contributed by atoms with Gasteiger partial charge in [0.05, 0.1) is 11.0 Å². The summed E-state index contributed by atoms with van der Waals surface area (Å²) in [5.41, 5.74) is 11.7. The molecule has 2 aromatic heterocycles. The molecule has 0 N–H and O–H groups in total. The van der Waals surface area contributed by atoms with Gasteiger partial charge >= 0.3 is 0 Å². The number of benzene rings is 9. The van der Waals surface area contributed by atoms with Gasteiger partial charge in [-0.1, -0.05) is 140 Å². The average Bonchev–Trinajstić information content (AvgIpc) is 3.80. The Balaban J connectivity index is 1.08. The molecule has 9 aromatic carbocycles. The smallest absolute Gasteiger partial charge is 0.0561 e. The highest BCUT2D eigenvalue weighted by atomic mass is 32.1. The van der Waals surface area contributed by atoms with Gasteiger partial charge in [0.2, 0.25) is 0 Å². The Labute approximate surface area is 323 Å². The highest BCUT2D eigenvalue weighted by molar-refractivity contribution is 7.26. The standard InChI is InChI=1S/C52H34N2S/c1-3-13-35(14-4-1)36-23-27-39(28-24-36)53(41-31-32-44-43-18-9-11-21-48(43)54(49(44)33-41)38-15-5-2-6-16-38)40-29-25-37(26-30-40)47-34-51-52(45-19-8-7-17-42(45)47)46-20-10-12-22-50(46)55-51/h1-34H. The molecule has 0 aliphatic carbocycles. The third-order valence-electron chi connectivity index (χ3n) is 11.0. The van der Waals surface area contributed by atoms with Crippen LogP contribution in [0.2, 0.25) is 0 Å². The fourth-order valence-corrected chi connectivity index (χ4v) is 9.61. The van der Waals surface area contributed by atoms with E-state index in [1.807, 2.05) is 11.3 Å². The molecule has 2 nitrogen and oxygen atoms in total. The number of anilines is 3. The molecule has 0 spiro atoms. The predicted molar refractivity (Wildman–Crippen MR) is 237 cm³/mol. The summed E-state index contributed by atoms with van der Waals surface area (Å²) in [6, 6.07) is 75.1. The van der Waals surface area contributed by atoms with E-state index in [-0.39, 0.29) is 0 Å². The number of nitrogens with zero attached hydrogens (tertiary/aromatic N) is 2. The quantitative estimate of drug-likeness (QED) is 0.166. The van der Waals surface area contributed by atoms with E-state index in [1.165, 1.54) is 75.0 Å². The molecule has 0 amide bonds. The highest BCUT2D eigenvalue weighted by Gasteiger charge is 2.19. The summed E-state index contributed by atoms with van der Waals surface area (Å²) in [5, 5.41) is 7.75. The molecular weight excluding hydrogens is 685 g/mol. The first-order chi connectivity index (χ1) is 27.3. The molecule has 0 saturated heterocycles. The molecule has 258 valence electrons. The fraction of sp³-hybridized carbons (Fsp3) is 0. The number of rotatable bonds is 6. The monoisotopic (exact) mass is 718 g/mol. The van der Waals surface area contributed by atoms with Gasteiger partial charge in [0, 0.05) is 53.7 Å². The molecule has 0 saturated carbocycles. The molecule has 0 aliphatic rings. The van der Waals surface area contributed by atoms with Crippen molar-refractivity contribution < 1.29 is 0 Å². The number of hydrogen-bond acceptors (Lipinski definition) is 2. The minimum Gasteiger partial charge on any atom is -0.310 e. The normalized spacial score (nSPS) is 11.6. The van der Waals surface area contributed by atoms with Gasteiger partial charge in [0.15, 0.2) is 0 Å². The topological polar surface area (TPSA) is 8.17 Å². The maximum absolute atomic E-state index is 2.40. The third kappa shape index (κ3) is 5.24. The number of hydrogen-bond donors (Lipinski definition) is 0. The van der Waals surface area contributed by atoms with Crippen molar-refractivity contribution in [3.8, 4) is 27.9 Å². The molecule has 55 heavy (non-hydrogen) atoms. The predicted octanol–water partition coefficient (Wildman–Crippen LogP) is 15.1. The lowest BCUT2D eigenvalue weighted by Gasteiger charge is -2.26. The summed E-state index contributed by atoms with van der Waals surface area (Å²) >= 11 is 1.88. The Hall–Kier alpha value is -6.94. The second kappa shape index (κ2) is 12.9. The van der Waals surface area contributed by atoms with Gasteiger partial charge in [-0.3, -0.25) is 0 Å². The molecule has 0 bridgehead atoms. The van der Waals surface area contributed by atoms with Crippen molar-refractivity contribution in [3.63, 3.8) is 0 Å². The van der Waals surface area contributed by atoms with Crippen molar-refractivity contribution in [3.05, 3.63) is 206 Å². The van der Waals surface area contributed by atoms with E-state index >= 15 is 0 Å². The average molecular weight is 719 g/mol. The lowest BCUT2D eigenvalue weighted by atomic mass is 9.95. The van der Waals surface area contributed by atoms with Crippen molar-refractivity contribution in [2.24, 2.45) is 0 Å². The largest absolute Gasteiger partial charge is 0.310 e. The molecule has 11 aromatic rings. The van der Waals surface area contributed by atoms with Gasteiger partial charge in [-0.2, -0.15) is 0 Å². The van der Waals surface area contributed by atoms with Crippen LogP contribution in [0.5, 0.6) is 0 Å². The van der Waals surface area contributed by atoms with Gasteiger partial charge in [0.1, 0.15) is 0 Å². The van der Waals surface area contributed by atoms with Crippen LogP contribution in [-0.2, 0) is 0 Å². The van der Waals surface area contributed by atoms with E-state index < -0.39 is 0 Å². The summed E-state index contributed by atoms with van der Waals surface area (Å²) in [4.78, 5) is 2.39. The Kier molecular flexibility index (Phi) is 7.39. The molecule has 2 heterocycles. The van der Waals surface area contributed by atoms with E-state index in [2.05, 4.69) is 216 Å². The van der Waals surface area contributed by atoms with Gasteiger partial charge in [-0.25, -0.2) is 0 Å². The Morgan fingerprint density at radius 2 is 0.891 bits per heavy atom. The van der Waals surface area contributed by atoms with Crippen LogP contribution in [0.15, 0.2) is 206 Å². The van der Waals surface area contributed by atoms with Crippen molar-refractivity contribution in [2.45, 2.75) is 0 Å². The van der Waals surface area contributed by atoms with Crippen LogP contribution in [0.4, 0.5) is 17.1 Å². The SMILES string of the molecule is c1ccc(-c2ccc(N(c3ccc(-c4cc5sc6ccccc6c5c5ccccc45)cc3)c3ccc4c5ccccc5n(-c5ccccc5)c4c3)cc2)cc1. The Morgan fingerprint density at radius 3 is 1.64 bits per heavy atom. The molecule has 0 unspecified atom stereocenters. The van der Waals surface area contributed by atoms with Crippen molar-refractivity contribution in [1.29, 1.82) is 0 Å². The molecule has 0 fully saturated rings. The van der Waals surface area contributed by atoms with Crippen LogP contribution in [0.25, 0.3) is 80.7 Å². The first kappa shape index (κ1) is 31.6. The third-order valence-corrected chi connectivity index (χ3v) is 12.1. The first-order valence-electron chi connectivity index (χ1n) is 18.8. The zero-order valence-electron chi connectivity index (χ0n) is 29.9. The number of aromatic nitrogens is 1. The lowest BCUT2D eigenvalue weighted by Crippen LogP contribution is -2.10. The minimum absolute atomic E-state index is 1.10. The molecule has 0 aliphatic heterocycles. The Morgan fingerprint density at radius 1 is 0.345 bits per heavy atom. The second-order valence-electron chi connectivity index (χ2n) is 14.1. The Bertz CT molecular complexity index is 3180.